The molecule has 19 heavy (non-hydrogen) atoms. The maximum absolute atomic E-state index is 2.24. The van der Waals surface area contributed by atoms with Gasteiger partial charge in [-0.2, -0.15) is 0 Å². The van der Waals surface area contributed by atoms with Crippen LogP contribution in [0.2, 0.25) is 0 Å². The third kappa shape index (κ3) is 4.24. The largest absolute Gasteiger partial charge is 0.0617 e. The van der Waals surface area contributed by atoms with Crippen LogP contribution in [0, 0.1) is 48.5 Å². The van der Waals surface area contributed by atoms with Crippen LogP contribution in [0.3, 0.4) is 0 Å². The van der Waals surface area contributed by atoms with Crippen molar-refractivity contribution in [1.82, 2.24) is 0 Å². The molecular formula is C19H26. The zero-order chi connectivity index (χ0) is 14.6. The van der Waals surface area contributed by atoms with Gasteiger partial charge in [0.15, 0.2) is 0 Å². The normalized spacial score (nSPS) is 9.84. The van der Waals surface area contributed by atoms with Gasteiger partial charge < -0.3 is 0 Å². The average molecular weight is 254 g/mol. The summed E-state index contributed by atoms with van der Waals surface area (Å²) in [6.07, 6.45) is 0. The van der Waals surface area contributed by atoms with Crippen LogP contribution in [-0.4, -0.2) is 0 Å². The van der Waals surface area contributed by atoms with Crippen LogP contribution in [-0.2, 0) is 0 Å². The molecule has 0 aliphatic heterocycles. The molecule has 0 radical (unpaired) electrons. The molecular weight excluding hydrogens is 228 g/mol. The van der Waals surface area contributed by atoms with Crippen molar-refractivity contribution in [2.45, 2.75) is 48.5 Å². The van der Waals surface area contributed by atoms with E-state index in [2.05, 4.69) is 78.8 Å². The fraction of sp³-hybridized carbons (Fsp3) is 0.368. The minimum atomic E-state index is 1.38. The van der Waals surface area contributed by atoms with E-state index in [0.29, 0.717) is 0 Å². The lowest BCUT2D eigenvalue weighted by Gasteiger charge is -2.04. The van der Waals surface area contributed by atoms with Crippen LogP contribution in [0.5, 0.6) is 0 Å². The molecule has 0 spiro atoms. The first kappa shape index (κ1) is 15.5. The predicted molar refractivity (Wildman–Crippen MR) is 86.0 cm³/mol. The van der Waals surface area contributed by atoms with Gasteiger partial charge in [0.25, 0.3) is 0 Å². The third-order valence-electron chi connectivity index (χ3n) is 3.99. The minimum absolute atomic E-state index is 1.38. The van der Waals surface area contributed by atoms with Crippen molar-refractivity contribution >= 4 is 0 Å². The zero-order valence-corrected chi connectivity index (χ0v) is 13.4. The number of rotatable bonds is 0. The zero-order valence-electron chi connectivity index (χ0n) is 13.4. The van der Waals surface area contributed by atoms with E-state index in [1.165, 1.54) is 38.9 Å². The van der Waals surface area contributed by atoms with Crippen LogP contribution in [0.25, 0.3) is 0 Å². The summed E-state index contributed by atoms with van der Waals surface area (Å²) in [6, 6.07) is 10.9. The monoisotopic (exact) mass is 254 g/mol. The molecule has 102 valence electrons. The standard InChI is InChI=1S/C10H14.C9H12/c1-7-5-9(3)10(4)6-8(7)2;1-7-5-4-6-8(2)9(7)3/h5-6H,1-4H3;4-6H,1-3H3. The minimum Gasteiger partial charge on any atom is -0.0617 e. The Bertz CT molecular complexity index is 492. The van der Waals surface area contributed by atoms with Crippen LogP contribution >= 0.6 is 0 Å². The molecule has 0 saturated carbocycles. The number of hydrogen-bond acceptors (Lipinski definition) is 0. The molecule has 0 atom stereocenters. The average Bonchev–Trinajstić information content (AvgIpc) is 2.34. The highest BCUT2D eigenvalue weighted by Crippen LogP contribution is 2.13. The molecule has 0 nitrogen and oxygen atoms in total. The lowest BCUT2D eigenvalue weighted by molar-refractivity contribution is 1.24. The molecule has 0 fully saturated rings. The summed E-state index contributed by atoms with van der Waals surface area (Å²) >= 11 is 0. The summed E-state index contributed by atoms with van der Waals surface area (Å²) in [6.45, 7) is 15.1. The Balaban J connectivity index is 0.000000191. The van der Waals surface area contributed by atoms with Gasteiger partial charge in [-0.15, -0.1) is 0 Å². The summed E-state index contributed by atoms with van der Waals surface area (Å²) in [5.74, 6) is 0. The lowest BCUT2D eigenvalue weighted by Crippen LogP contribution is -1.86. The van der Waals surface area contributed by atoms with Gasteiger partial charge in [-0.3, -0.25) is 0 Å². The fourth-order valence-electron chi connectivity index (χ4n) is 2.00. The summed E-state index contributed by atoms with van der Waals surface area (Å²) in [5.41, 5.74) is 9.75. The molecule has 2 rings (SSSR count). The van der Waals surface area contributed by atoms with Gasteiger partial charge in [0.05, 0.1) is 0 Å². The van der Waals surface area contributed by atoms with Crippen LogP contribution in [0.15, 0.2) is 30.3 Å². The predicted octanol–water partition coefficient (Wildman–Crippen LogP) is 5.53. The van der Waals surface area contributed by atoms with Gasteiger partial charge in [0.1, 0.15) is 0 Å². The highest BCUT2D eigenvalue weighted by Gasteiger charge is 1.95. The lowest BCUT2D eigenvalue weighted by atomic mass is 10.0. The highest BCUT2D eigenvalue weighted by atomic mass is 14.0. The van der Waals surface area contributed by atoms with E-state index in [1.807, 2.05) is 0 Å². The number of aryl methyl sites for hydroxylation is 6. The number of hydrogen-bond donors (Lipinski definition) is 0. The molecule has 0 heteroatoms. The Morgan fingerprint density at radius 3 is 1.05 bits per heavy atom. The molecule has 2 aromatic rings. The maximum atomic E-state index is 2.24. The van der Waals surface area contributed by atoms with E-state index in [0.717, 1.165) is 0 Å². The van der Waals surface area contributed by atoms with Gasteiger partial charge in [0, 0.05) is 0 Å². The van der Waals surface area contributed by atoms with E-state index in [-0.39, 0.29) is 0 Å². The molecule has 0 aliphatic rings. The maximum Gasteiger partial charge on any atom is -0.0392 e. The van der Waals surface area contributed by atoms with Crippen molar-refractivity contribution in [1.29, 1.82) is 0 Å². The van der Waals surface area contributed by atoms with Gasteiger partial charge in [-0.25, -0.2) is 0 Å². The second-order valence-electron chi connectivity index (χ2n) is 5.54. The molecule has 0 bridgehead atoms. The summed E-state index contributed by atoms with van der Waals surface area (Å²) in [4.78, 5) is 0. The molecule has 0 heterocycles. The van der Waals surface area contributed by atoms with Gasteiger partial charge >= 0.3 is 0 Å². The molecule has 0 N–H and O–H groups in total. The van der Waals surface area contributed by atoms with E-state index in [9.17, 15) is 0 Å². The van der Waals surface area contributed by atoms with Crippen LogP contribution in [0.4, 0.5) is 0 Å². The van der Waals surface area contributed by atoms with E-state index in [4.69, 9.17) is 0 Å². The Morgan fingerprint density at radius 1 is 0.474 bits per heavy atom. The Hall–Kier alpha value is -1.56. The first-order valence-corrected chi connectivity index (χ1v) is 6.90. The smallest absolute Gasteiger partial charge is 0.0392 e. The molecule has 0 aromatic heterocycles. The SMILES string of the molecule is Cc1cc(C)c(C)cc1C.Cc1cccc(C)c1C. The van der Waals surface area contributed by atoms with Crippen molar-refractivity contribution in [3.63, 3.8) is 0 Å². The van der Waals surface area contributed by atoms with Crippen molar-refractivity contribution in [2.24, 2.45) is 0 Å². The van der Waals surface area contributed by atoms with Crippen molar-refractivity contribution in [3.8, 4) is 0 Å². The van der Waals surface area contributed by atoms with Crippen LogP contribution in [0.1, 0.15) is 38.9 Å². The van der Waals surface area contributed by atoms with E-state index < -0.39 is 0 Å². The quantitative estimate of drug-likeness (QED) is 0.579. The Kier molecular flexibility index (Phi) is 5.35. The topological polar surface area (TPSA) is 0 Å². The first-order valence-electron chi connectivity index (χ1n) is 6.90. The van der Waals surface area contributed by atoms with E-state index in [1.54, 1.807) is 0 Å². The summed E-state index contributed by atoms with van der Waals surface area (Å²) in [7, 11) is 0. The van der Waals surface area contributed by atoms with Gasteiger partial charge in [0.2, 0.25) is 0 Å². The number of benzene rings is 2. The van der Waals surface area contributed by atoms with Crippen LogP contribution < -0.4 is 0 Å². The second-order valence-corrected chi connectivity index (χ2v) is 5.54. The molecule has 0 unspecified atom stereocenters. The third-order valence-corrected chi connectivity index (χ3v) is 3.99. The summed E-state index contributed by atoms with van der Waals surface area (Å²) in [5, 5.41) is 0. The molecule has 0 saturated heterocycles. The van der Waals surface area contributed by atoms with Gasteiger partial charge in [-0.05, 0) is 87.4 Å². The van der Waals surface area contributed by atoms with Crippen molar-refractivity contribution < 1.29 is 0 Å². The highest BCUT2D eigenvalue weighted by molar-refractivity contribution is 5.35. The van der Waals surface area contributed by atoms with E-state index >= 15 is 0 Å². The fourth-order valence-corrected chi connectivity index (χ4v) is 2.00. The van der Waals surface area contributed by atoms with Crippen molar-refractivity contribution in [3.05, 3.63) is 69.3 Å². The molecule has 2 aromatic carbocycles. The van der Waals surface area contributed by atoms with Gasteiger partial charge in [-0.1, -0.05) is 30.3 Å². The molecule has 0 amide bonds. The Morgan fingerprint density at radius 2 is 0.789 bits per heavy atom. The summed E-state index contributed by atoms with van der Waals surface area (Å²) < 4.78 is 0. The second kappa shape index (κ2) is 6.56. The Labute approximate surface area is 118 Å². The molecule has 0 aliphatic carbocycles. The first-order chi connectivity index (χ1) is 8.82. The van der Waals surface area contributed by atoms with Crippen molar-refractivity contribution in [2.75, 3.05) is 0 Å².